The number of aromatic nitrogens is 2. The standard InChI is InChI=1S/C23H23N5O4S3/c1-3-32-16-5-7-18-20(13-16)35-23(25-18)33-14(2)21(29)26-8-10-27(11-9-26)22-24-17-6-4-15(28(30)31)12-19(17)34-22/h4-7,12-14H,3,8-11H2,1-2H3/t14-/m0/s1. The van der Waals surface area contributed by atoms with Crippen molar-refractivity contribution in [3.63, 3.8) is 0 Å². The largest absolute Gasteiger partial charge is 0.494 e. The predicted molar refractivity (Wildman–Crippen MR) is 141 cm³/mol. The number of carbonyl (C=O) groups is 1. The van der Waals surface area contributed by atoms with E-state index in [4.69, 9.17) is 4.74 Å². The Morgan fingerprint density at radius 2 is 1.83 bits per heavy atom. The highest BCUT2D eigenvalue weighted by atomic mass is 32.2. The normalized spacial score (nSPS) is 15.0. The summed E-state index contributed by atoms with van der Waals surface area (Å²) in [7, 11) is 0. The maximum Gasteiger partial charge on any atom is 0.270 e. The van der Waals surface area contributed by atoms with E-state index in [2.05, 4.69) is 14.9 Å². The molecule has 2 aromatic carbocycles. The number of anilines is 1. The van der Waals surface area contributed by atoms with Gasteiger partial charge < -0.3 is 14.5 Å². The molecule has 0 bridgehead atoms. The van der Waals surface area contributed by atoms with Gasteiger partial charge in [0.25, 0.3) is 5.69 Å². The van der Waals surface area contributed by atoms with Gasteiger partial charge in [-0.25, -0.2) is 9.97 Å². The van der Waals surface area contributed by atoms with Crippen molar-refractivity contribution < 1.29 is 14.5 Å². The second-order valence-electron chi connectivity index (χ2n) is 8.02. The van der Waals surface area contributed by atoms with Crippen LogP contribution in [-0.2, 0) is 4.79 Å². The number of thioether (sulfide) groups is 1. The van der Waals surface area contributed by atoms with E-state index in [0.29, 0.717) is 32.8 Å². The van der Waals surface area contributed by atoms with Gasteiger partial charge in [0, 0.05) is 38.3 Å². The van der Waals surface area contributed by atoms with E-state index in [1.807, 2.05) is 36.9 Å². The van der Waals surface area contributed by atoms with E-state index in [1.165, 1.54) is 29.2 Å². The number of nitrogens with zero attached hydrogens (tertiary/aromatic N) is 5. The van der Waals surface area contributed by atoms with Crippen LogP contribution in [0.3, 0.4) is 0 Å². The topological polar surface area (TPSA) is 102 Å². The van der Waals surface area contributed by atoms with Gasteiger partial charge in [-0.1, -0.05) is 23.1 Å². The molecule has 1 saturated heterocycles. The number of hydrogen-bond acceptors (Lipinski definition) is 10. The highest BCUT2D eigenvalue weighted by Crippen LogP contribution is 2.35. The zero-order chi connectivity index (χ0) is 24.5. The molecule has 182 valence electrons. The van der Waals surface area contributed by atoms with Crippen LogP contribution in [0.2, 0.25) is 0 Å². The zero-order valence-corrected chi connectivity index (χ0v) is 21.6. The van der Waals surface area contributed by atoms with Crippen LogP contribution in [0, 0.1) is 10.1 Å². The molecule has 0 saturated carbocycles. The summed E-state index contributed by atoms with van der Waals surface area (Å²) in [5.74, 6) is 0.928. The van der Waals surface area contributed by atoms with Gasteiger partial charge >= 0.3 is 0 Å². The maximum absolute atomic E-state index is 13.1. The Morgan fingerprint density at radius 1 is 1.11 bits per heavy atom. The number of piperazine rings is 1. The minimum Gasteiger partial charge on any atom is -0.494 e. The van der Waals surface area contributed by atoms with Gasteiger partial charge in [-0.15, -0.1) is 11.3 Å². The van der Waals surface area contributed by atoms with Crippen LogP contribution in [0.4, 0.5) is 10.8 Å². The molecular weight excluding hydrogens is 506 g/mol. The molecule has 1 atom stereocenters. The van der Waals surface area contributed by atoms with Crippen LogP contribution >= 0.6 is 34.4 Å². The molecule has 1 aliphatic heterocycles. The molecule has 0 N–H and O–H groups in total. The van der Waals surface area contributed by atoms with Crippen LogP contribution in [0.25, 0.3) is 20.4 Å². The Morgan fingerprint density at radius 3 is 2.57 bits per heavy atom. The number of carbonyl (C=O) groups excluding carboxylic acids is 1. The SMILES string of the molecule is CCOc1ccc2nc(S[C@@H](C)C(=O)N3CCN(c4nc5ccc([N+](=O)[O-])cc5s4)CC3)sc2c1. The minimum atomic E-state index is -0.394. The van der Waals surface area contributed by atoms with E-state index >= 15 is 0 Å². The van der Waals surface area contributed by atoms with Crippen molar-refractivity contribution in [2.45, 2.75) is 23.4 Å². The first kappa shape index (κ1) is 23.8. The highest BCUT2D eigenvalue weighted by molar-refractivity contribution is 8.02. The number of hydrogen-bond donors (Lipinski definition) is 0. The lowest BCUT2D eigenvalue weighted by Gasteiger charge is -2.35. The molecule has 35 heavy (non-hydrogen) atoms. The van der Waals surface area contributed by atoms with Gasteiger partial charge in [0.1, 0.15) is 5.75 Å². The number of benzene rings is 2. The monoisotopic (exact) mass is 529 g/mol. The Labute approximate surface area is 213 Å². The van der Waals surface area contributed by atoms with Crippen molar-refractivity contribution >= 4 is 71.6 Å². The molecule has 1 amide bonds. The maximum atomic E-state index is 13.1. The van der Waals surface area contributed by atoms with Gasteiger partial charge in [0.05, 0.1) is 37.2 Å². The lowest BCUT2D eigenvalue weighted by atomic mass is 10.3. The van der Waals surface area contributed by atoms with E-state index < -0.39 is 4.92 Å². The molecule has 5 rings (SSSR count). The molecule has 3 heterocycles. The van der Waals surface area contributed by atoms with Crippen molar-refractivity contribution in [2.24, 2.45) is 0 Å². The summed E-state index contributed by atoms with van der Waals surface area (Å²) in [5.41, 5.74) is 1.73. The fraction of sp³-hybridized carbons (Fsp3) is 0.348. The molecule has 1 fully saturated rings. The third-order valence-corrected chi connectivity index (χ3v) is 8.99. The second-order valence-corrected chi connectivity index (χ2v) is 11.6. The van der Waals surface area contributed by atoms with Crippen molar-refractivity contribution in [3.8, 4) is 5.75 Å². The molecule has 0 aliphatic carbocycles. The quantitative estimate of drug-likeness (QED) is 0.186. The summed E-state index contributed by atoms with van der Waals surface area (Å²) in [6.07, 6.45) is 0. The van der Waals surface area contributed by atoms with Crippen molar-refractivity contribution in [1.82, 2.24) is 14.9 Å². The van der Waals surface area contributed by atoms with Gasteiger partial charge in [-0.3, -0.25) is 14.9 Å². The Hall–Kier alpha value is -2.96. The number of nitro groups is 1. The predicted octanol–water partition coefficient (Wildman–Crippen LogP) is 5.04. The fourth-order valence-corrected chi connectivity index (χ4v) is 7.29. The summed E-state index contributed by atoms with van der Waals surface area (Å²) in [6, 6.07) is 10.6. The lowest BCUT2D eigenvalue weighted by molar-refractivity contribution is -0.384. The third kappa shape index (κ3) is 5.04. The second kappa shape index (κ2) is 9.96. The average Bonchev–Trinajstić information content (AvgIpc) is 3.46. The van der Waals surface area contributed by atoms with Crippen LogP contribution < -0.4 is 9.64 Å². The molecule has 4 aromatic rings. The van der Waals surface area contributed by atoms with Gasteiger partial charge in [0.2, 0.25) is 5.91 Å². The van der Waals surface area contributed by atoms with Gasteiger partial charge in [-0.05, 0) is 38.1 Å². The molecule has 0 radical (unpaired) electrons. The molecule has 2 aromatic heterocycles. The van der Waals surface area contributed by atoms with Crippen LogP contribution in [0.15, 0.2) is 40.7 Å². The first-order chi connectivity index (χ1) is 16.9. The van der Waals surface area contributed by atoms with Gasteiger partial charge in [-0.2, -0.15) is 0 Å². The Kier molecular flexibility index (Phi) is 6.76. The fourth-order valence-electron chi connectivity index (χ4n) is 3.92. The summed E-state index contributed by atoms with van der Waals surface area (Å²) in [4.78, 5) is 37.1. The smallest absolute Gasteiger partial charge is 0.270 e. The summed E-state index contributed by atoms with van der Waals surface area (Å²) >= 11 is 4.51. The van der Waals surface area contributed by atoms with Crippen LogP contribution in [0.1, 0.15) is 13.8 Å². The summed E-state index contributed by atoms with van der Waals surface area (Å²) < 4.78 is 8.29. The Balaban J connectivity index is 1.20. The van der Waals surface area contributed by atoms with E-state index in [1.54, 1.807) is 23.5 Å². The van der Waals surface area contributed by atoms with Crippen LogP contribution in [-0.4, -0.2) is 63.7 Å². The molecule has 9 nitrogen and oxygen atoms in total. The number of amides is 1. The van der Waals surface area contributed by atoms with Crippen molar-refractivity contribution in [2.75, 3.05) is 37.7 Å². The van der Waals surface area contributed by atoms with E-state index in [-0.39, 0.29) is 16.8 Å². The lowest BCUT2D eigenvalue weighted by Crippen LogP contribution is -2.50. The number of nitro benzene ring substituents is 1. The average molecular weight is 530 g/mol. The number of non-ortho nitro benzene ring substituents is 1. The summed E-state index contributed by atoms with van der Waals surface area (Å²) in [5, 5.41) is 11.6. The van der Waals surface area contributed by atoms with Crippen LogP contribution in [0.5, 0.6) is 5.75 Å². The van der Waals surface area contributed by atoms with Gasteiger partial charge in [0.15, 0.2) is 9.47 Å². The molecule has 0 unspecified atom stereocenters. The Bertz CT molecular complexity index is 1400. The van der Waals surface area contributed by atoms with E-state index in [0.717, 1.165) is 35.7 Å². The first-order valence-corrected chi connectivity index (χ1v) is 13.7. The summed E-state index contributed by atoms with van der Waals surface area (Å²) in [6.45, 7) is 7.07. The van der Waals surface area contributed by atoms with Crippen molar-refractivity contribution in [3.05, 3.63) is 46.5 Å². The number of thiazole rings is 2. The molecule has 12 heteroatoms. The van der Waals surface area contributed by atoms with E-state index in [9.17, 15) is 14.9 Å². The zero-order valence-electron chi connectivity index (χ0n) is 19.2. The number of ether oxygens (including phenoxy) is 1. The molecule has 0 spiro atoms. The molecule has 1 aliphatic rings. The molecular formula is C23H23N5O4S3. The highest BCUT2D eigenvalue weighted by Gasteiger charge is 2.27. The first-order valence-electron chi connectivity index (χ1n) is 11.2. The van der Waals surface area contributed by atoms with Crippen molar-refractivity contribution in [1.29, 1.82) is 0 Å². The number of rotatable bonds is 7. The third-order valence-electron chi connectivity index (χ3n) is 5.71. The number of fused-ring (bicyclic) bond motifs is 2. The minimum absolute atomic E-state index is 0.0671.